The van der Waals surface area contributed by atoms with Crippen LogP contribution in [0.2, 0.25) is 0 Å². The maximum atomic E-state index is 12.5. The molecule has 0 bridgehead atoms. The molecule has 1 atom stereocenters. The summed E-state index contributed by atoms with van der Waals surface area (Å²) in [4.78, 5) is 14.4. The molecule has 1 amide bonds. The van der Waals surface area contributed by atoms with Crippen LogP contribution < -0.4 is 5.32 Å². The third-order valence-corrected chi connectivity index (χ3v) is 3.67. The van der Waals surface area contributed by atoms with Gasteiger partial charge in [-0.15, -0.1) is 0 Å². The highest BCUT2D eigenvalue weighted by Crippen LogP contribution is 2.15. The standard InChI is InChI=1S/C14H24N4O/c1-11(2)18(10-12-5-4-7-15-9-12)14(19)13-6-8-17(3)16-13/h6,8,11-12,15H,4-5,7,9-10H2,1-3H3. The number of aryl methyl sites for hydroxylation is 1. The lowest BCUT2D eigenvalue weighted by Gasteiger charge is -2.32. The first-order valence-corrected chi connectivity index (χ1v) is 7.09. The first-order chi connectivity index (χ1) is 9.08. The molecule has 0 aliphatic carbocycles. The van der Waals surface area contributed by atoms with Crippen molar-refractivity contribution in [2.45, 2.75) is 32.7 Å². The van der Waals surface area contributed by atoms with Crippen molar-refractivity contribution in [3.05, 3.63) is 18.0 Å². The molecule has 1 unspecified atom stereocenters. The van der Waals surface area contributed by atoms with Crippen LogP contribution in [-0.4, -0.2) is 46.3 Å². The van der Waals surface area contributed by atoms with Crippen molar-refractivity contribution in [3.63, 3.8) is 0 Å². The first kappa shape index (κ1) is 14.1. The summed E-state index contributed by atoms with van der Waals surface area (Å²) in [6.07, 6.45) is 4.22. The Bertz CT molecular complexity index is 421. The van der Waals surface area contributed by atoms with E-state index in [2.05, 4.69) is 24.3 Å². The number of nitrogens with zero attached hydrogens (tertiary/aromatic N) is 3. The van der Waals surface area contributed by atoms with Crippen LogP contribution in [-0.2, 0) is 7.05 Å². The number of amides is 1. The monoisotopic (exact) mass is 264 g/mol. The normalized spacial score (nSPS) is 19.7. The molecule has 2 rings (SSSR count). The van der Waals surface area contributed by atoms with Crippen molar-refractivity contribution >= 4 is 5.91 Å². The summed E-state index contributed by atoms with van der Waals surface area (Å²) < 4.78 is 1.67. The fraction of sp³-hybridized carbons (Fsp3) is 0.714. The van der Waals surface area contributed by atoms with E-state index in [1.807, 2.05) is 18.1 Å². The molecule has 5 heteroatoms. The smallest absolute Gasteiger partial charge is 0.274 e. The molecule has 0 saturated carbocycles. The third kappa shape index (κ3) is 3.56. The second kappa shape index (κ2) is 6.19. The van der Waals surface area contributed by atoms with Crippen LogP contribution in [0.15, 0.2) is 12.3 Å². The third-order valence-electron chi connectivity index (χ3n) is 3.67. The molecule has 2 heterocycles. The van der Waals surface area contributed by atoms with Gasteiger partial charge in [-0.25, -0.2) is 0 Å². The van der Waals surface area contributed by atoms with Crippen LogP contribution in [0.4, 0.5) is 0 Å². The zero-order chi connectivity index (χ0) is 13.8. The number of nitrogens with one attached hydrogen (secondary N) is 1. The molecule has 1 fully saturated rings. The van der Waals surface area contributed by atoms with Gasteiger partial charge in [-0.05, 0) is 51.8 Å². The van der Waals surface area contributed by atoms with Crippen LogP contribution in [0, 0.1) is 5.92 Å². The minimum absolute atomic E-state index is 0.0428. The van der Waals surface area contributed by atoms with E-state index >= 15 is 0 Å². The average molecular weight is 264 g/mol. The molecule has 1 saturated heterocycles. The molecule has 0 spiro atoms. The lowest BCUT2D eigenvalue weighted by atomic mass is 9.98. The molecule has 5 nitrogen and oxygen atoms in total. The van der Waals surface area contributed by atoms with Crippen LogP contribution >= 0.6 is 0 Å². The summed E-state index contributed by atoms with van der Waals surface area (Å²) in [6, 6.07) is 1.99. The van der Waals surface area contributed by atoms with Gasteiger partial charge in [0, 0.05) is 25.8 Å². The zero-order valence-corrected chi connectivity index (χ0v) is 12.1. The van der Waals surface area contributed by atoms with Crippen molar-refractivity contribution in [3.8, 4) is 0 Å². The van der Waals surface area contributed by atoms with Gasteiger partial charge >= 0.3 is 0 Å². The summed E-state index contributed by atoms with van der Waals surface area (Å²) >= 11 is 0. The Balaban J connectivity index is 2.04. The molecular weight excluding hydrogens is 240 g/mol. The Morgan fingerprint density at radius 2 is 2.42 bits per heavy atom. The Kier molecular flexibility index (Phi) is 4.58. The minimum atomic E-state index is 0.0428. The molecule has 1 aromatic heterocycles. The van der Waals surface area contributed by atoms with Crippen LogP contribution in [0.25, 0.3) is 0 Å². The fourth-order valence-electron chi connectivity index (χ4n) is 2.56. The zero-order valence-electron chi connectivity index (χ0n) is 12.1. The summed E-state index contributed by atoms with van der Waals surface area (Å²) in [5.74, 6) is 0.602. The van der Waals surface area contributed by atoms with Crippen molar-refractivity contribution in [2.24, 2.45) is 13.0 Å². The quantitative estimate of drug-likeness (QED) is 0.891. The Morgan fingerprint density at radius 1 is 1.63 bits per heavy atom. The lowest BCUT2D eigenvalue weighted by molar-refractivity contribution is 0.0654. The van der Waals surface area contributed by atoms with Gasteiger partial charge < -0.3 is 10.2 Å². The van der Waals surface area contributed by atoms with E-state index in [-0.39, 0.29) is 11.9 Å². The molecular formula is C14H24N4O. The van der Waals surface area contributed by atoms with Gasteiger partial charge in [0.2, 0.25) is 0 Å². The predicted molar refractivity (Wildman–Crippen MR) is 75.0 cm³/mol. The highest BCUT2D eigenvalue weighted by molar-refractivity contribution is 5.92. The van der Waals surface area contributed by atoms with Gasteiger partial charge in [-0.2, -0.15) is 5.10 Å². The second-order valence-corrected chi connectivity index (χ2v) is 5.64. The van der Waals surface area contributed by atoms with Gasteiger partial charge in [0.25, 0.3) is 5.91 Å². The van der Waals surface area contributed by atoms with Crippen LogP contribution in [0.1, 0.15) is 37.2 Å². The van der Waals surface area contributed by atoms with Gasteiger partial charge in [0.1, 0.15) is 5.69 Å². The van der Waals surface area contributed by atoms with E-state index < -0.39 is 0 Å². The maximum Gasteiger partial charge on any atom is 0.274 e. The van der Waals surface area contributed by atoms with Crippen molar-refractivity contribution in [1.29, 1.82) is 0 Å². The minimum Gasteiger partial charge on any atom is -0.335 e. The highest BCUT2D eigenvalue weighted by Gasteiger charge is 2.24. The number of carbonyl (C=O) groups excluding carboxylic acids is 1. The number of hydrogen-bond acceptors (Lipinski definition) is 3. The van der Waals surface area contributed by atoms with E-state index in [1.54, 1.807) is 10.7 Å². The van der Waals surface area contributed by atoms with Gasteiger partial charge in [-0.1, -0.05) is 0 Å². The summed E-state index contributed by atoms with van der Waals surface area (Å²) in [5.41, 5.74) is 0.542. The summed E-state index contributed by atoms with van der Waals surface area (Å²) in [7, 11) is 1.83. The number of hydrogen-bond donors (Lipinski definition) is 1. The van der Waals surface area contributed by atoms with Crippen LogP contribution in [0.3, 0.4) is 0 Å². The van der Waals surface area contributed by atoms with E-state index in [9.17, 15) is 4.79 Å². The molecule has 19 heavy (non-hydrogen) atoms. The van der Waals surface area contributed by atoms with Crippen molar-refractivity contribution in [2.75, 3.05) is 19.6 Å². The first-order valence-electron chi connectivity index (χ1n) is 7.09. The Hall–Kier alpha value is -1.36. The number of rotatable bonds is 4. The van der Waals surface area contributed by atoms with E-state index in [4.69, 9.17) is 0 Å². The Labute approximate surface area is 115 Å². The number of carbonyl (C=O) groups is 1. The fourth-order valence-corrected chi connectivity index (χ4v) is 2.56. The number of piperidine rings is 1. The molecule has 0 aromatic carbocycles. The molecule has 1 N–H and O–H groups in total. The second-order valence-electron chi connectivity index (χ2n) is 5.64. The topological polar surface area (TPSA) is 50.2 Å². The SMILES string of the molecule is CC(C)N(CC1CCCNC1)C(=O)c1ccn(C)n1. The molecule has 1 aliphatic rings. The van der Waals surface area contributed by atoms with Gasteiger partial charge in [0.15, 0.2) is 0 Å². The maximum absolute atomic E-state index is 12.5. The van der Waals surface area contributed by atoms with E-state index in [0.717, 1.165) is 19.6 Å². The average Bonchev–Trinajstić information content (AvgIpc) is 2.83. The van der Waals surface area contributed by atoms with Gasteiger partial charge in [-0.3, -0.25) is 9.48 Å². The van der Waals surface area contributed by atoms with E-state index in [1.165, 1.54) is 12.8 Å². The Morgan fingerprint density at radius 3 is 2.95 bits per heavy atom. The molecule has 1 aliphatic heterocycles. The van der Waals surface area contributed by atoms with Crippen molar-refractivity contribution < 1.29 is 4.79 Å². The molecule has 0 radical (unpaired) electrons. The molecule has 1 aromatic rings. The van der Waals surface area contributed by atoms with Gasteiger partial charge in [0.05, 0.1) is 0 Å². The molecule has 106 valence electrons. The number of aromatic nitrogens is 2. The summed E-state index contributed by atoms with van der Waals surface area (Å²) in [6.45, 7) is 7.07. The largest absolute Gasteiger partial charge is 0.335 e. The lowest BCUT2D eigenvalue weighted by Crippen LogP contribution is -2.44. The van der Waals surface area contributed by atoms with E-state index in [0.29, 0.717) is 11.6 Å². The van der Waals surface area contributed by atoms with Crippen LogP contribution in [0.5, 0.6) is 0 Å². The van der Waals surface area contributed by atoms with Crippen molar-refractivity contribution in [1.82, 2.24) is 20.0 Å². The predicted octanol–water partition coefficient (Wildman–Crippen LogP) is 1.27. The summed E-state index contributed by atoms with van der Waals surface area (Å²) in [5, 5.41) is 7.62. The highest BCUT2D eigenvalue weighted by atomic mass is 16.2.